The van der Waals surface area contributed by atoms with Gasteiger partial charge in [-0.15, -0.1) is 0 Å². The smallest absolute Gasteiger partial charge is 0.341 e. The second-order valence-corrected chi connectivity index (χ2v) is 3.69. The second kappa shape index (κ2) is 5.07. The molecule has 6 heteroatoms. The molecular formula is C10H8BrFO4. The van der Waals surface area contributed by atoms with Gasteiger partial charge in [-0.1, -0.05) is 0 Å². The van der Waals surface area contributed by atoms with Crippen molar-refractivity contribution in [1.82, 2.24) is 0 Å². The molecule has 0 fully saturated rings. The molecule has 0 amide bonds. The lowest BCUT2D eigenvalue weighted by molar-refractivity contribution is 0.0519. The van der Waals surface area contributed by atoms with E-state index in [0.717, 1.165) is 12.1 Å². The molecule has 86 valence electrons. The van der Waals surface area contributed by atoms with Crippen LogP contribution >= 0.6 is 15.9 Å². The van der Waals surface area contributed by atoms with Gasteiger partial charge in [-0.3, -0.25) is 0 Å². The van der Waals surface area contributed by atoms with E-state index in [4.69, 9.17) is 5.11 Å². The van der Waals surface area contributed by atoms with Crippen molar-refractivity contribution in [3.8, 4) is 0 Å². The molecule has 0 saturated carbocycles. The number of hydrogen-bond donors (Lipinski definition) is 1. The normalized spacial score (nSPS) is 9.94. The maximum atomic E-state index is 13.4. The highest BCUT2D eigenvalue weighted by molar-refractivity contribution is 9.10. The molecule has 1 N–H and O–H groups in total. The van der Waals surface area contributed by atoms with Crippen molar-refractivity contribution in [2.45, 2.75) is 6.92 Å². The van der Waals surface area contributed by atoms with Gasteiger partial charge in [0.05, 0.1) is 17.7 Å². The van der Waals surface area contributed by atoms with Crippen molar-refractivity contribution in [2.75, 3.05) is 6.61 Å². The van der Waals surface area contributed by atoms with Crippen LogP contribution in [0.25, 0.3) is 0 Å². The van der Waals surface area contributed by atoms with E-state index in [-0.39, 0.29) is 22.2 Å². The molecule has 0 bridgehead atoms. The maximum Gasteiger partial charge on any atom is 0.341 e. The van der Waals surface area contributed by atoms with Crippen molar-refractivity contribution in [3.05, 3.63) is 33.5 Å². The third-order valence-corrected chi connectivity index (χ3v) is 2.44. The Morgan fingerprint density at radius 2 is 2.06 bits per heavy atom. The minimum atomic E-state index is -1.28. The van der Waals surface area contributed by atoms with Crippen LogP contribution in [0.5, 0.6) is 0 Å². The van der Waals surface area contributed by atoms with E-state index in [9.17, 15) is 14.0 Å². The van der Waals surface area contributed by atoms with Crippen LogP contribution in [0.3, 0.4) is 0 Å². The van der Waals surface area contributed by atoms with Gasteiger partial charge in [0.1, 0.15) is 5.82 Å². The fourth-order valence-corrected chi connectivity index (χ4v) is 1.59. The average molecular weight is 291 g/mol. The van der Waals surface area contributed by atoms with Crippen LogP contribution in [0, 0.1) is 5.82 Å². The number of esters is 1. The third-order valence-electron chi connectivity index (χ3n) is 1.78. The van der Waals surface area contributed by atoms with Gasteiger partial charge in [0, 0.05) is 4.47 Å². The molecule has 0 spiro atoms. The van der Waals surface area contributed by atoms with Crippen LogP contribution in [0.1, 0.15) is 27.6 Å². The van der Waals surface area contributed by atoms with Crippen molar-refractivity contribution >= 4 is 27.9 Å². The van der Waals surface area contributed by atoms with E-state index in [1.165, 1.54) is 0 Å². The van der Waals surface area contributed by atoms with Gasteiger partial charge in [-0.05, 0) is 35.0 Å². The molecule has 0 saturated heterocycles. The monoisotopic (exact) mass is 290 g/mol. The second-order valence-electron chi connectivity index (χ2n) is 2.84. The number of ether oxygens (including phenoxy) is 1. The summed E-state index contributed by atoms with van der Waals surface area (Å²) in [5, 5.41) is 8.71. The summed E-state index contributed by atoms with van der Waals surface area (Å²) in [6.07, 6.45) is 0. The Balaban J connectivity index is 3.20. The number of carboxylic acids is 1. The van der Waals surface area contributed by atoms with Gasteiger partial charge in [-0.2, -0.15) is 0 Å². The van der Waals surface area contributed by atoms with Gasteiger partial charge < -0.3 is 9.84 Å². The SMILES string of the molecule is CCOC(=O)c1cc(Br)c(C(=O)O)cc1F. The van der Waals surface area contributed by atoms with Crippen LogP contribution in [0.15, 0.2) is 16.6 Å². The zero-order valence-corrected chi connectivity index (χ0v) is 9.88. The molecule has 0 radical (unpaired) electrons. The van der Waals surface area contributed by atoms with Crippen molar-refractivity contribution in [2.24, 2.45) is 0 Å². The summed E-state index contributed by atoms with van der Waals surface area (Å²) in [5.41, 5.74) is -0.538. The summed E-state index contributed by atoms with van der Waals surface area (Å²) in [7, 11) is 0. The molecule has 16 heavy (non-hydrogen) atoms. The van der Waals surface area contributed by atoms with Crippen LogP contribution in [-0.4, -0.2) is 23.7 Å². The maximum absolute atomic E-state index is 13.4. The van der Waals surface area contributed by atoms with E-state index in [2.05, 4.69) is 20.7 Å². The van der Waals surface area contributed by atoms with E-state index >= 15 is 0 Å². The molecule has 1 aromatic carbocycles. The number of benzene rings is 1. The lowest BCUT2D eigenvalue weighted by Crippen LogP contribution is -2.09. The molecule has 0 aliphatic rings. The number of rotatable bonds is 3. The first kappa shape index (κ1) is 12.6. The van der Waals surface area contributed by atoms with E-state index in [0.29, 0.717) is 0 Å². The molecule has 0 aliphatic heterocycles. The topological polar surface area (TPSA) is 63.6 Å². The van der Waals surface area contributed by atoms with Crippen LogP contribution in [0.2, 0.25) is 0 Å². The zero-order valence-electron chi connectivity index (χ0n) is 8.29. The molecular weight excluding hydrogens is 283 g/mol. The van der Waals surface area contributed by atoms with Gasteiger partial charge in [0.15, 0.2) is 0 Å². The predicted molar refractivity (Wildman–Crippen MR) is 57.0 cm³/mol. The summed E-state index contributed by atoms with van der Waals surface area (Å²) in [5.74, 6) is -3.02. The highest BCUT2D eigenvalue weighted by Gasteiger charge is 2.18. The Kier molecular flexibility index (Phi) is 4.00. The van der Waals surface area contributed by atoms with Crippen molar-refractivity contribution < 1.29 is 23.8 Å². The number of aromatic carboxylic acids is 1. The highest BCUT2D eigenvalue weighted by atomic mass is 79.9. The van der Waals surface area contributed by atoms with Crippen molar-refractivity contribution in [1.29, 1.82) is 0 Å². The standard InChI is InChI=1S/C10H8BrFO4/c1-2-16-10(15)6-3-7(11)5(9(13)14)4-8(6)12/h3-4H,2H2,1H3,(H,13,14). The molecule has 0 heterocycles. The summed E-state index contributed by atoms with van der Waals surface area (Å²) in [6, 6.07) is 1.87. The first-order valence-electron chi connectivity index (χ1n) is 4.36. The van der Waals surface area contributed by atoms with Crippen LogP contribution in [0.4, 0.5) is 4.39 Å². The lowest BCUT2D eigenvalue weighted by atomic mass is 10.1. The number of carbonyl (C=O) groups excluding carboxylic acids is 1. The predicted octanol–water partition coefficient (Wildman–Crippen LogP) is 2.46. The van der Waals surface area contributed by atoms with Gasteiger partial charge >= 0.3 is 11.9 Å². The van der Waals surface area contributed by atoms with Crippen LogP contribution < -0.4 is 0 Å². The minimum Gasteiger partial charge on any atom is -0.478 e. The summed E-state index contributed by atoms with van der Waals surface area (Å²) in [6.45, 7) is 1.72. The Hall–Kier alpha value is -1.43. The fraction of sp³-hybridized carbons (Fsp3) is 0.200. The summed E-state index contributed by atoms with van der Waals surface area (Å²) in [4.78, 5) is 21.9. The van der Waals surface area contributed by atoms with Crippen molar-refractivity contribution in [3.63, 3.8) is 0 Å². The van der Waals surface area contributed by atoms with E-state index < -0.39 is 17.8 Å². The lowest BCUT2D eigenvalue weighted by Gasteiger charge is -2.05. The number of halogens is 2. The van der Waals surface area contributed by atoms with Crippen LogP contribution in [-0.2, 0) is 4.74 Å². The number of hydrogen-bond acceptors (Lipinski definition) is 3. The molecule has 1 rings (SSSR count). The fourth-order valence-electron chi connectivity index (χ4n) is 1.08. The quantitative estimate of drug-likeness (QED) is 0.869. The van der Waals surface area contributed by atoms with Gasteiger partial charge in [0.2, 0.25) is 0 Å². The molecule has 0 atom stereocenters. The van der Waals surface area contributed by atoms with E-state index in [1.807, 2.05) is 0 Å². The largest absolute Gasteiger partial charge is 0.478 e. The van der Waals surface area contributed by atoms with Gasteiger partial charge in [0.25, 0.3) is 0 Å². The molecule has 0 aromatic heterocycles. The summed E-state index contributed by atoms with van der Waals surface area (Å²) < 4.78 is 18.1. The zero-order chi connectivity index (χ0) is 12.3. The Morgan fingerprint density at radius 3 is 2.56 bits per heavy atom. The minimum absolute atomic E-state index is 0.122. The van der Waals surface area contributed by atoms with Gasteiger partial charge in [-0.25, -0.2) is 14.0 Å². The third kappa shape index (κ3) is 2.57. The highest BCUT2D eigenvalue weighted by Crippen LogP contribution is 2.22. The molecule has 1 aromatic rings. The first-order valence-corrected chi connectivity index (χ1v) is 5.16. The molecule has 4 nitrogen and oxygen atoms in total. The number of carbonyl (C=O) groups is 2. The Bertz CT molecular complexity index is 445. The Morgan fingerprint density at radius 1 is 1.44 bits per heavy atom. The number of carboxylic acid groups (broad SMARTS) is 1. The molecule has 0 unspecified atom stereocenters. The first-order chi connectivity index (χ1) is 7.47. The summed E-state index contributed by atoms with van der Waals surface area (Å²) >= 11 is 2.95. The molecule has 0 aliphatic carbocycles. The van der Waals surface area contributed by atoms with E-state index in [1.54, 1.807) is 6.92 Å². The average Bonchev–Trinajstić information content (AvgIpc) is 2.20. The Labute approximate surface area is 99.2 Å².